The molecule has 2 rings (SSSR count). The van der Waals surface area contributed by atoms with E-state index in [0.29, 0.717) is 23.6 Å². The van der Waals surface area contributed by atoms with Crippen molar-refractivity contribution in [1.82, 2.24) is 14.7 Å². The molecule has 0 bridgehead atoms. The van der Waals surface area contributed by atoms with E-state index >= 15 is 0 Å². The predicted molar refractivity (Wildman–Crippen MR) is 63.5 cm³/mol. The van der Waals surface area contributed by atoms with Crippen LogP contribution in [0.3, 0.4) is 0 Å². The van der Waals surface area contributed by atoms with Crippen LogP contribution < -0.4 is 5.73 Å². The summed E-state index contributed by atoms with van der Waals surface area (Å²) in [4.78, 5) is 14.0. The van der Waals surface area contributed by atoms with Gasteiger partial charge in [-0.15, -0.1) is 0 Å². The summed E-state index contributed by atoms with van der Waals surface area (Å²) in [5.41, 5.74) is 7.38. The van der Waals surface area contributed by atoms with Crippen LogP contribution in [0.1, 0.15) is 29.0 Å². The van der Waals surface area contributed by atoms with Crippen LogP contribution in [0.25, 0.3) is 0 Å². The lowest BCUT2D eigenvalue weighted by atomic mass is 10.2. The molecule has 0 spiro atoms. The molecule has 6 nitrogen and oxygen atoms in total. The van der Waals surface area contributed by atoms with Gasteiger partial charge in [-0.25, -0.2) is 0 Å². The molecule has 2 heterocycles. The Hall–Kier alpha value is -1.56. The quantitative estimate of drug-likeness (QED) is 0.754. The van der Waals surface area contributed by atoms with Crippen LogP contribution in [0.5, 0.6) is 0 Å². The average molecular weight is 238 g/mol. The van der Waals surface area contributed by atoms with E-state index in [1.54, 1.807) is 18.9 Å². The number of aliphatic hydroxyl groups is 1. The monoisotopic (exact) mass is 238 g/mol. The molecular formula is C11H18N4O2. The van der Waals surface area contributed by atoms with Crippen LogP contribution in [0.15, 0.2) is 0 Å². The second-order valence-electron chi connectivity index (χ2n) is 4.45. The Morgan fingerprint density at radius 2 is 2.35 bits per heavy atom. The lowest BCUT2D eigenvalue weighted by molar-refractivity contribution is 0.0667. The summed E-state index contributed by atoms with van der Waals surface area (Å²) >= 11 is 0. The van der Waals surface area contributed by atoms with Gasteiger partial charge < -0.3 is 15.7 Å². The number of nitrogens with zero attached hydrogens (tertiary/aromatic N) is 3. The molecule has 0 aromatic carbocycles. The molecule has 3 N–H and O–H groups in total. The summed E-state index contributed by atoms with van der Waals surface area (Å²) in [7, 11) is 1.71. The maximum Gasteiger partial charge on any atom is 0.274 e. The number of anilines is 1. The van der Waals surface area contributed by atoms with Crippen molar-refractivity contribution in [3.8, 4) is 0 Å². The zero-order chi connectivity index (χ0) is 12.6. The Labute approximate surface area is 100 Å². The number of hydrogen-bond donors (Lipinski definition) is 2. The number of carbonyl (C=O) groups excluding carboxylic acids is 1. The van der Waals surface area contributed by atoms with Crippen molar-refractivity contribution in [2.75, 3.05) is 18.9 Å². The average Bonchev–Trinajstić information content (AvgIpc) is 2.84. The zero-order valence-electron chi connectivity index (χ0n) is 10.2. The fourth-order valence-electron chi connectivity index (χ4n) is 2.36. The van der Waals surface area contributed by atoms with Gasteiger partial charge in [0.1, 0.15) is 5.69 Å². The molecule has 1 amide bonds. The third-order valence-corrected chi connectivity index (χ3v) is 3.32. The van der Waals surface area contributed by atoms with Crippen LogP contribution in [0.4, 0.5) is 5.69 Å². The highest BCUT2D eigenvalue weighted by atomic mass is 16.3. The van der Waals surface area contributed by atoms with Gasteiger partial charge in [0, 0.05) is 13.6 Å². The molecule has 0 unspecified atom stereocenters. The van der Waals surface area contributed by atoms with Gasteiger partial charge in [0.2, 0.25) is 0 Å². The zero-order valence-corrected chi connectivity index (χ0v) is 10.2. The molecular weight excluding hydrogens is 220 g/mol. The van der Waals surface area contributed by atoms with E-state index in [-0.39, 0.29) is 18.6 Å². The highest BCUT2D eigenvalue weighted by molar-refractivity contribution is 5.98. The number of hydrogen-bond acceptors (Lipinski definition) is 4. The summed E-state index contributed by atoms with van der Waals surface area (Å²) in [5.74, 6) is -0.137. The number of nitrogen functional groups attached to an aromatic ring is 1. The number of nitrogens with two attached hydrogens (primary N) is 1. The topological polar surface area (TPSA) is 84.4 Å². The van der Waals surface area contributed by atoms with Crippen LogP contribution in [0.2, 0.25) is 0 Å². The lowest BCUT2D eigenvalue weighted by Gasteiger charge is -2.23. The maximum absolute atomic E-state index is 12.3. The van der Waals surface area contributed by atoms with Crippen LogP contribution >= 0.6 is 0 Å². The number of rotatable bonds is 2. The minimum absolute atomic E-state index is 0.00246. The van der Waals surface area contributed by atoms with Crippen molar-refractivity contribution in [2.24, 2.45) is 7.05 Å². The van der Waals surface area contributed by atoms with Crippen molar-refractivity contribution in [2.45, 2.75) is 25.8 Å². The summed E-state index contributed by atoms with van der Waals surface area (Å²) in [6, 6.07) is -0.0860. The molecule has 1 aliphatic heterocycles. The summed E-state index contributed by atoms with van der Waals surface area (Å²) in [6.45, 7) is 2.45. The van der Waals surface area contributed by atoms with Gasteiger partial charge in [-0.1, -0.05) is 0 Å². The van der Waals surface area contributed by atoms with Gasteiger partial charge in [-0.05, 0) is 19.8 Å². The molecule has 1 aromatic rings. The number of carbonyl (C=O) groups is 1. The van der Waals surface area contributed by atoms with E-state index in [4.69, 9.17) is 5.73 Å². The van der Waals surface area contributed by atoms with Crippen LogP contribution in [-0.4, -0.2) is 44.9 Å². The molecule has 1 saturated heterocycles. The fraction of sp³-hybridized carbons (Fsp3) is 0.636. The van der Waals surface area contributed by atoms with Crippen molar-refractivity contribution in [3.63, 3.8) is 0 Å². The van der Waals surface area contributed by atoms with Crippen LogP contribution in [-0.2, 0) is 7.05 Å². The van der Waals surface area contributed by atoms with Crippen molar-refractivity contribution >= 4 is 11.6 Å². The Kier molecular flexibility index (Phi) is 3.06. The molecule has 0 saturated carbocycles. The molecule has 1 aliphatic rings. The Morgan fingerprint density at radius 3 is 2.88 bits per heavy atom. The Bertz CT molecular complexity index is 441. The van der Waals surface area contributed by atoms with E-state index in [9.17, 15) is 9.90 Å². The van der Waals surface area contributed by atoms with E-state index in [0.717, 1.165) is 12.8 Å². The smallest absolute Gasteiger partial charge is 0.274 e. The first-order valence-electron chi connectivity index (χ1n) is 5.77. The highest BCUT2D eigenvalue weighted by Gasteiger charge is 2.31. The largest absolute Gasteiger partial charge is 0.395 e. The first-order chi connectivity index (χ1) is 8.06. The molecule has 1 aromatic heterocycles. The van der Waals surface area contributed by atoms with Gasteiger partial charge in [-0.3, -0.25) is 9.48 Å². The Balaban J connectivity index is 2.31. The number of aryl methyl sites for hydroxylation is 2. The lowest BCUT2D eigenvalue weighted by Crippen LogP contribution is -2.38. The number of aromatic nitrogens is 2. The molecule has 94 valence electrons. The van der Waals surface area contributed by atoms with Crippen LogP contribution in [0, 0.1) is 6.92 Å². The van der Waals surface area contributed by atoms with Gasteiger partial charge in [0.25, 0.3) is 5.91 Å². The standard InChI is InChI=1S/C11H18N4O2/c1-7-9(12)10(14(2)13-7)11(17)15-5-3-4-8(15)6-16/h8,16H,3-6,12H2,1-2H3/t8-/m0/s1. The molecule has 1 atom stereocenters. The normalized spacial score (nSPS) is 19.9. The Morgan fingerprint density at radius 1 is 1.65 bits per heavy atom. The minimum Gasteiger partial charge on any atom is -0.395 e. The molecule has 0 aliphatic carbocycles. The third kappa shape index (κ3) is 1.88. The fourth-order valence-corrected chi connectivity index (χ4v) is 2.36. The van der Waals surface area contributed by atoms with E-state index in [1.807, 2.05) is 0 Å². The number of aliphatic hydroxyl groups excluding tert-OH is 1. The molecule has 0 radical (unpaired) electrons. The molecule has 17 heavy (non-hydrogen) atoms. The second-order valence-corrected chi connectivity index (χ2v) is 4.45. The van der Waals surface area contributed by atoms with E-state index in [2.05, 4.69) is 5.10 Å². The van der Waals surface area contributed by atoms with Crippen molar-refractivity contribution < 1.29 is 9.90 Å². The van der Waals surface area contributed by atoms with Crippen molar-refractivity contribution in [1.29, 1.82) is 0 Å². The maximum atomic E-state index is 12.3. The summed E-state index contributed by atoms with van der Waals surface area (Å²) < 4.78 is 1.51. The predicted octanol–water partition coefficient (Wildman–Crippen LogP) is -0.0924. The van der Waals surface area contributed by atoms with E-state index in [1.165, 1.54) is 4.68 Å². The SMILES string of the molecule is Cc1nn(C)c(C(=O)N2CCC[C@H]2CO)c1N. The van der Waals surface area contributed by atoms with Gasteiger partial charge in [0.15, 0.2) is 0 Å². The van der Waals surface area contributed by atoms with Gasteiger partial charge in [-0.2, -0.15) is 5.10 Å². The summed E-state index contributed by atoms with van der Waals surface area (Å²) in [6.07, 6.45) is 1.77. The molecule has 1 fully saturated rings. The molecule has 6 heteroatoms. The number of amides is 1. The second kappa shape index (κ2) is 4.37. The van der Waals surface area contributed by atoms with Crippen molar-refractivity contribution in [3.05, 3.63) is 11.4 Å². The van der Waals surface area contributed by atoms with Gasteiger partial charge >= 0.3 is 0 Å². The minimum atomic E-state index is -0.137. The van der Waals surface area contributed by atoms with E-state index < -0.39 is 0 Å². The first kappa shape index (κ1) is 11.9. The first-order valence-corrected chi connectivity index (χ1v) is 5.77. The summed E-state index contributed by atoms with van der Waals surface area (Å²) in [5, 5.41) is 13.4. The van der Waals surface area contributed by atoms with Gasteiger partial charge in [0.05, 0.1) is 24.0 Å². The number of likely N-dealkylation sites (tertiary alicyclic amines) is 1. The third-order valence-electron chi connectivity index (χ3n) is 3.32. The highest BCUT2D eigenvalue weighted by Crippen LogP contribution is 2.23.